The van der Waals surface area contributed by atoms with E-state index in [4.69, 9.17) is 4.42 Å². The van der Waals surface area contributed by atoms with Crippen LogP contribution in [0.25, 0.3) is 66.1 Å². The minimum absolute atomic E-state index is 0.564. The van der Waals surface area contributed by atoms with E-state index in [1.54, 1.807) is 0 Å². The molecule has 1 aromatic heterocycles. The Balaban J connectivity index is 1.16. The number of benzene rings is 10. The van der Waals surface area contributed by atoms with E-state index in [0.717, 1.165) is 50.1 Å². The number of nitrogens with zero attached hydrogens (tertiary/aromatic N) is 1. The average molecular weight is 778 g/mol. The quantitative estimate of drug-likeness (QED) is 0.160. The summed E-state index contributed by atoms with van der Waals surface area (Å²) >= 11 is 0. The van der Waals surface area contributed by atoms with Gasteiger partial charge >= 0.3 is 0 Å². The lowest BCUT2D eigenvalue weighted by Gasteiger charge is -2.35. The molecule has 10 aromatic carbocycles. The molecular formula is C59H39NO. The summed E-state index contributed by atoms with van der Waals surface area (Å²) in [6, 6.07) is 86.2. The van der Waals surface area contributed by atoms with Gasteiger partial charge in [0, 0.05) is 33.8 Å². The molecule has 1 aliphatic rings. The van der Waals surface area contributed by atoms with E-state index in [1.165, 1.54) is 55.3 Å². The van der Waals surface area contributed by atoms with Gasteiger partial charge in [-0.2, -0.15) is 0 Å². The van der Waals surface area contributed by atoms with Crippen molar-refractivity contribution >= 4 is 49.8 Å². The van der Waals surface area contributed by atoms with Crippen molar-refractivity contribution in [3.63, 3.8) is 0 Å². The van der Waals surface area contributed by atoms with E-state index in [0.29, 0.717) is 0 Å². The van der Waals surface area contributed by atoms with Gasteiger partial charge in [-0.1, -0.05) is 188 Å². The van der Waals surface area contributed by atoms with Gasteiger partial charge in [0.1, 0.15) is 11.2 Å². The zero-order chi connectivity index (χ0) is 40.3. The molecule has 0 radical (unpaired) electrons. The Labute approximate surface area is 355 Å². The van der Waals surface area contributed by atoms with E-state index >= 15 is 0 Å². The monoisotopic (exact) mass is 777 g/mol. The van der Waals surface area contributed by atoms with Crippen LogP contribution < -0.4 is 4.90 Å². The Morgan fingerprint density at radius 2 is 0.902 bits per heavy atom. The molecule has 61 heavy (non-hydrogen) atoms. The van der Waals surface area contributed by atoms with Crippen LogP contribution in [-0.2, 0) is 5.41 Å². The fourth-order valence-electron chi connectivity index (χ4n) is 10.1. The minimum atomic E-state index is -0.564. The van der Waals surface area contributed by atoms with Crippen LogP contribution in [0.3, 0.4) is 0 Å². The molecule has 0 saturated heterocycles. The maximum absolute atomic E-state index is 6.59. The van der Waals surface area contributed by atoms with Gasteiger partial charge in [-0.05, 0) is 103 Å². The third kappa shape index (κ3) is 5.50. The van der Waals surface area contributed by atoms with Gasteiger partial charge < -0.3 is 9.32 Å². The normalized spacial score (nSPS) is 12.7. The predicted octanol–water partition coefficient (Wildman–Crippen LogP) is 15.9. The SMILES string of the molecule is c1ccc(-c2cc3c(cc2N(c2ccc(-c4cccc5ccccc45)cc2)c2ccc4c(c2)oc2ccccc24)C(c2ccccc2)(c2ccccc2)c2ccccc2-3)cc1. The molecule has 0 fully saturated rings. The zero-order valence-corrected chi connectivity index (χ0v) is 33.4. The highest BCUT2D eigenvalue weighted by Gasteiger charge is 2.46. The fraction of sp³-hybridized carbons (Fsp3) is 0.0169. The molecule has 1 heterocycles. The van der Waals surface area contributed by atoms with Crippen LogP contribution in [0.2, 0.25) is 0 Å². The summed E-state index contributed by atoms with van der Waals surface area (Å²) in [6.45, 7) is 0. The summed E-state index contributed by atoms with van der Waals surface area (Å²) in [5.74, 6) is 0. The van der Waals surface area contributed by atoms with Crippen molar-refractivity contribution in [3.8, 4) is 33.4 Å². The Hall–Kier alpha value is -7.94. The van der Waals surface area contributed by atoms with Gasteiger partial charge in [-0.25, -0.2) is 0 Å². The highest BCUT2D eigenvalue weighted by Crippen LogP contribution is 2.59. The second kappa shape index (κ2) is 14.1. The predicted molar refractivity (Wildman–Crippen MR) is 254 cm³/mol. The van der Waals surface area contributed by atoms with Crippen LogP contribution in [0.4, 0.5) is 17.1 Å². The van der Waals surface area contributed by atoms with E-state index < -0.39 is 5.41 Å². The number of rotatable bonds is 7. The third-order valence-corrected chi connectivity index (χ3v) is 12.7. The summed E-state index contributed by atoms with van der Waals surface area (Å²) in [6.07, 6.45) is 0. The Kier molecular flexibility index (Phi) is 8.11. The van der Waals surface area contributed by atoms with Gasteiger partial charge in [0.05, 0.1) is 11.1 Å². The highest BCUT2D eigenvalue weighted by atomic mass is 16.3. The Morgan fingerprint density at radius 1 is 0.328 bits per heavy atom. The maximum atomic E-state index is 6.59. The number of hydrogen-bond donors (Lipinski definition) is 0. The van der Waals surface area contributed by atoms with Crippen molar-refractivity contribution in [2.24, 2.45) is 0 Å². The topological polar surface area (TPSA) is 16.4 Å². The molecule has 0 N–H and O–H groups in total. The molecule has 0 amide bonds. The molecule has 0 spiro atoms. The first-order chi connectivity index (χ1) is 30.3. The molecular weight excluding hydrogens is 739 g/mol. The summed E-state index contributed by atoms with van der Waals surface area (Å²) in [5.41, 5.74) is 16.5. The second-order valence-corrected chi connectivity index (χ2v) is 16.0. The molecule has 2 nitrogen and oxygen atoms in total. The van der Waals surface area contributed by atoms with Crippen LogP contribution in [0.1, 0.15) is 22.3 Å². The molecule has 1 aliphatic carbocycles. The standard InChI is InChI=1S/C59H39NO/c1-4-17-41(18-5-1)52-38-53-49-26-12-14-29-54(49)59(43-21-6-2-7-22-43,44-23-8-3-9-24-44)55(53)39-56(52)60(46-35-36-51-50-27-13-15-30-57(50)61-58(51)37-46)45-33-31-42(32-34-45)48-28-16-20-40-19-10-11-25-47(40)48/h1-39H. The van der Waals surface area contributed by atoms with Crippen molar-refractivity contribution in [1.29, 1.82) is 0 Å². The molecule has 11 aromatic rings. The number of furan rings is 1. The number of hydrogen-bond acceptors (Lipinski definition) is 2. The van der Waals surface area contributed by atoms with E-state index in [1.807, 2.05) is 6.07 Å². The largest absolute Gasteiger partial charge is 0.456 e. The molecule has 0 bridgehead atoms. The summed E-state index contributed by atoms with van der Waals surface area (Å²) in [5, 5.41) is 4.70. The van der Waals surface area contributed by atoms with Crippen molar-refractivity contribution in [3.05, 3.63) is 259 Å². The van der Waals surface area contributed by atoms with Crippen molar-refractivity contribution in [2.75, 3.05) is 4.90 Å². The van der Waals surface area contributed by atoms with Gasteiger partial charge in [0.2, 0.25) is 0 Å². The molecule has 0 saturated carbocycles. The molecule has 0 unspecified atom stereocenters. The smallest absolute Gasteiger partial charge is 0.137 e. The molecule has 0 aliphatic heterocycles. The van der Waals surface area contributed by atoms with Gasteiger partial charge in [0.15, 0.2) is 0 Å². The lowest BCUT2D eigenvalue weighted by molar-refractivity contribution is 0.669. The van der Waals surface area contributed by atoms with Crippen LogP contribution in [0.5, 0.6) is 0 Å². The third-order valence-electron chi connectivity index (χ3n) is 12.7. The number of para-hydroxylation sites is 1. The van der Waals surface area contributed by atoms with Gasteiger partial charge in [-0.15, -0.1) is 0 Å². The lowest BCUT2D eigenvalue weighted by Crippen LogP contribution is -2.28. The Bertz CT molecular complexity index is 3360. The number of anilines is 3. The van der Waals surface area contributed by atoms with Crippen molar-refractivity contribution in [1.82, 2.24) is 0 Å². The minimum Gasteiger partial charge on any atom is -0.456 e. The van der Waals surface area contributed by atoms with Crippen LogP contribution in [-0.4, -0.2) is 0 Å². The molecule has 12 rings (SSSR count). The molecule has 2 heteroatoms. The van der Waals surface area contributed by atoms with Gasteiger partial charge in [0.25, 0.3) is 0 Å². The van der Waals surface area contributed by atoms with E-state index in [-0.39, 0.29) is 0 Å². The first-order valence-electron chi connectivity index (χ1n) is 21.0. The summed E-state index contributed by atoms with van der Waals surface area (Å²) < 4.78 is 6.59. The molecule has 0 atom stereocenters. The summed E-state index contributed by atoms with van der Waals surface area (Å²) in [7, 11) is 0. The Morgan fingerprint density at radius 3 is 1.67 bits per heavy atom. The highest BCUT2D eigenvalue weighted by molar-refractivity contribution is 6.07. The second-order valence-electron chi connectivity index (χ2n) is 16.0. The van der Waals surface area contributed by atoms with E-state index in [9.17, 15) is 0 Å². The van der Waals surface area contributed by atoms with Crippen molar-refractivity contribution in [2.45, 2.75) is 5.41 Å². The van der Waals surface area contributed by atoms with Gasteiger partial charge in [-0.3, -0.25) is 0 Å². The number of fused-ring (bicyclic) bond motifs is 7. The van der Waals surface area contributed by atoms with Crippen LogP contribution >= 0.6 is 0 Å². The zero-order valence-electron chi connectivity index (χ0n) is 33.4. The first kappa shape index (κ1) is 35.0. The fourth-order valence-corrected chi connectivity index (χ4v) is 10.1. The van der Waals surface area contributed by atoms with E-state index in [2.05, 4.69) is 235 Å². The van der Waals surface area contributed by atoms with Crippen molar-refractivity contribution < 1.29 is 4.42 Å². The maximum Gasteiger partial charge on any atom is 0.137 e. The van der Waals surface area contributed by atoms with Crippen LogP contribution in [0.15, 0.2) is 241 Å². The average Bonchev–Trinajstić information content (AvgIpc) is 3.85. The lowest BCUT2D eigenvalue weighted by atomic mass is 9.67. The van der Waals surface area contributed by atoms with Crippen LogP contribution in [0, 0.1) is 0 Å². The molecule has 286 valence electrons. The summed E-state index contributed by atoms with van der Waals surface area (Å²) in [4.78, 5) is 2.44. The first-order valence-corrected chi connectivity index (χ1v) is 21.0.